The molecule has 1 fully saturated rings. The highest BCUT2D eigenvalue weighted by atomic mass is 127. The fourth-order valence-corrected chi connectivity index (χ4v) is 6.34. The molecule has 0 bridgehead atoms. The third-order valence-electron chi connectivity index (χ3n) is 8.36. The Labute approximate surface area is 311 Å². The van der Waals surface area contributed by atoms with Gasteiger partial charge >= 0.3 is 11.9 Å². The van der Waals surface area contributed by atoms with Crippen LogP contribution in [0.3, 0.4) is 0 Å². The van der Waals surface area contributed by atoms with Gasteiger partial charge in [-0.2, -0.15) is 0 Å². The molecule has 1 saturated heterocycles. The van der Waals surface area contributed by atoms with Gasteiger partial charge in [0.1, 0.15) is 23.9 Å². The number of carbonyl (C=O) groups is 4. The van der Waals surface area contributed by atoms with E-state index in [1.54, 1.807) is 39.0 Å². The number of ether oxygens (including phenoxy) is 4. The van der Waals surface area contributed by atoms with Crippen LogP contribution in [-0.2, 0) is 39.1 Å². The average Bonchev–Trinajstić information content (AvgIpc) is 3.51. The Hall–Kier alpha value is -4.11. The van der Waals surface area contributed by atoms with E-state index < -0.39 is 59.5 Å². The lowest BCUT2D eigenvalue weighted by atomic mass is 9.91. The molecule has 0 radical (unpaired) electrons. The van der Waals surface area contributed by atoms with E-state index in [0.29, 0.717) is 11.1 Å². The number of amides is 2. The van der Waals surface area contributed by atoms with Crippen LogP contribution in [0.15, 0.2) is 96.6 Å². The van der Waals surface area contributed by atoms with Crippen LogP contribution < -0.4 is 10.6 Å². The Morgan fingerprint density at radius 3 is 2.14 bits per heavy atom. The lowest BCUT2D eigenvalue weighted by molar-refractivity contribution is -0.157. The molecule has 11 nitrogen and oxygen atoms in total. The normalized spacial score (nSPS) is 19.9. The lowest BCUT2D eigenvalue weighted by Gasteiger charge is -2.31. The summed E-state index contributed by atoms with van der Waals surface area (Å²) in [7, 11) is 0. The molecule has 4 atom stereocenters. The summed E-state index contributed by atoms with van der Waals surface area (Å²) in [5.74, 6) is -3.16. The van der Waals surface area contributed by atoms with Gasteiger partial charge in [0.05, 0.1) is 18.2 Å². The second-order valence-electron chi connectivity index (χ2n) is 13.4. The Morgan fingerprint density at radius 2 is 1.55 bits per heavy atom. The number of aliphatic hydroxyl groups is 1. The second-order valence-corrected chi connectivity index (χ2v) is 14.7. The molecule has 0 spiro atoms. The molecule has 1 aliphatic carbocycles. The lowest BCUT2D eigenvalue weighted by Crippen LogP contribution is -2.44. The third-order valence-corrected chi connectivity index (χ3v) is 9.08. The SMILES string of the molecule is CC(C)(C)OC(=O)CC[C@@H](CO)NC(=O)CCNC(=O)C1=C[C@H]2OC(c3ccccc3)(c3ccccc3)O[C@H]2[C@H](OC(=O)c2ccc(I)cc2)C1. The quantitative estimate of drug-likeness (QED) is 0.161. The molecular formula is C39H43IN2O9. The summed E-state index contributed by atoms with van der Waals surface area (Å²) in [5.41, 5.74) is 1.54. The number of halogens is 1. The van der Waals surface area contributed by atoms with Gasteiger partial charge in [-0.3, -0.25) is 14.4 Å². The second kappa shape index (κ2) is 16.9. The van der Waals surface area contributed by atoms with Crippen molar-refractivity contribution in [2.24, 2.45) is 0 Å². The number of benzene rings is 3. The molecule has 51 heavy (non-hydrogen) atoms. The number of carbonyl (C=O) groups excluding carboxylic acids is 4. The Bertz CT molecular complexity index is 1670. The minimum absolute atomic E-state index is 0.00272. The van der Waals surface area contributed by atoms with Crippen LogP contribution in [-0.4, -0.2) is 72.0 Å². The predicted molar refractivity (Wildman–Crippen MR) is 196 cm³/mol. The monoisotopic (exact) mass is 810 g/mol. The molecule has 2 amide bonds. The zero-order chi connectivity index (χ0) is 36.6. The molecule has 0 unspecified atom stereocenters. The molecular weight excluding hydrogens is 767 g/mol. The maximum absolute atomic E-state index is 13.5. The van der Waals surface area contributed by atoms with Crippen molar-refractivity contribution in [2.75, 3.05) is 13.2 Å². The van der Waals surface area contributed by atoms with Crippen LogP contribution in [0.25, 0.3) is 0 Å². The van der Waals surface area contributed by atoms with Gasteiger partial charge in [-0.25, -0.2) is 4.79 Å². The van der Waals surface area contributed by atoms with E-state index in [1.165, 1.54) is 0 Å². The van der Waals surface area contributed by atoms with Crippen LogP contribution in [0.2, 0.25) is 0 Å². The summed E-state index contributed by atoms with van der Waals surface area (Å²) in [5, 5.41) is 15.2. The average molecular weight is 811 g/mol. The highest BCUT2D eigenvalue weighted by molar-refractivity contribution is 14.1. The third kappa shape index (κ3) is 10.0. The van der Waals surface area contributed by atoms with Crippen molar-refractivity contribution in [3.63, 3.8) is 0 Å². The van der Waals surface area contributed by atoms with Gasteiger partial charge in [-0.05, 0) is 80.1 Å². The van der Waals surface area contributed by atoms with Crippen LogP contribution >= 0.6 is 22.6 Å². The van der Waals surface area contributed by atoms with Crippen LogP contribution in [0.4, 0.5) is 0 Å². The molecule has 2 aliphatic rings. The number of fused-ring (bicyclic) bond motifs is 1. The molecule has 1 aliphatic heterocycles. The standard InChI is InChI=1S/C39H43IN2O9/c1-38(2,3)50-34(45)19-18-30(24-43)42-33(44)20-21-41-36(46)26-22-31(48-37(47)25-14-16-29(40)17-15-25)35-32(23-26)49-39(51-35,27-10-6-4-7-11-27)28-12-8-5-9-13-28/h4-17,23,30-32,35,43H,18-22,24H2,1-3H3,(H,41,46)(H,42,44)/t30-,31+,32+,35-/m0/s1. The van der Waals surface area contributed by atoms with E-state index in [1.807, 2.05) is 72.8 Å². The molecule has 1 heterocycles. The fraction of sp³-hybridized carbons (Fsp3) is 0.385. The largest absolute Gasteiger partial charge is 0.460 e. The topological polar surface area (TPSA) is 149 Å². The molecule has 3 aromatic rings. The number of rotatable bonds is 13. The first-order valence-corrected chi connectivity index (χ1v) is 18.0. The van der Waals surface area contributed by atoms with E-state index in [0.717, 1.165) is 14.7 Å². The van der Waals surface area contributed by atoms with Gasteiger partial charge in [0.2, 0.25) is 17.6 Å². The summed E-state index contributed by atoms with van der Waals surface area (Å²) in [6.07, 6.45) is -0.449. The summed E-state index contributed by atoms with van der Waals surface area (Å²) >= 11 is 2.16. The molecule has 0 saturated carbocycles. The van der Waals surface area contributed by atoms with Gasteiger partial charge in [0, 0.05) is 46.1 Å². The smallest absolute Gasteiger partial charge is 0.338 e. The van der Waals surface area contributed by atoms with Gasteiger partial charge < -0.3 is 34.7 Å². The van der Waals surface area contributed by atoms with Crippen LogP contribution in [0.5, 0.6) is 0 Å². The molecule has 5 rings (SSSR count). The Morgan fingerprint density at radius 1 is 0.922 bits per heavy atom. The summed E-state index contributed by atoms with van der Waals surface area (Å²) in [4.78, 5) is 51.6. The van der Waals surface area contributed by atoms with E-state index in [-0.39, 0.29) is 38.8 Å². The minimum atomic E-state index is -1.33. The molecule has 0 aromatic heterocycles. The molecule has 12 heteroatoms. The van der Waals surface area contributed by atoms with E-state index >= 15 is 0 Å². The summed E-state index contributed by atoms with van der Waals surface area (Å²) in [6.45, 7) is 4.95. The first kappa shape index (κ1) is 38.1. The zero-order valence-corrected chi connectivity index (χ0v) is 31.0. The van der Waals surface area contributed by atoms with E-state index in [9.17, 15) is 24.3 Å². The van der Waals surface area contributed by atoms with Gasteiger partial charge in [0.15, 0.2) is 0 Å². The molecule has 3 N–H and O–H groups in total. The highest BCUT2D eigenvalue weighted by Gasteiger charge is 2.55. The first-order valence-electron chi connectivity index (χ1n) is 16.9. The van der Waals surface area contributed by atoms with Crippen LogP contribution in [0.1, 0.15) is 67.9 Å². The van der Waals surface area contributed by atoms with E-state index in [2.05, 4.69) is 33.2 Å². The Balaban J connectivity index is 1.29. The van der Waals surface area contributed by atoms with Gasteiger partial charge in [-0.15, -0.1) is 0 Å². The van der Waals surface area contributed by atoms with Crippen molar-refractivity contribution in [1.82, 2.24) is 10.6 Å². The van der Waals surface area contributed by atoms with Crippen molar-refractivity contribution >= 4 is 46.3 Å². The maximum Gasteiger partial charge on any atom is 0.338 e. The highest BCUT2D eigenvalue weighted by Crippen LogP contribution is 2.47. The number of esters is 2. The summed E-state index contributed by atoms with van der Waals surface area (Å²) < 4.78 is 25.8. The van der Waals surface area contributed by atoms with Crippen LogP contribution in [0, 0.1) is 3.57 Å². The first-order chi connectivity index (χ1) is 24.4. The van der Waals surface area contributed by atoms with Gasteiger partial charge in [-0.1, -0.05) is 60.7 Å². The number of aliphatic hydroxyl groups excluding tert-OH is 1. The summed E-state index contributed by atoms with van der Waals surface area (Å²) in [6, 6.07) is 25.3. The van der Waals surface area contributed by atoms with Gasteiger partial charge in [0.25, 0.3) is 0 Å². The van der Waals surface area contributed by atoms with Crippen molar-refractivity contribution < 1.29 is 43.2 Å². The minimum Gasteiger partial charge on any atom is -0.460 e. The zero-order valence-electron chi connectivity index (χ0n) is 28.8. The van der Waals surface area contributed by atoms with Crippen molar-refractivity contribution in [3.05, 3.63) is 117 Å². The van der Waals surface area contributed by atoms with Crippen molar-refractivity contribution in [3.8, 4) is 0 Å². The number of hydrogen-bond donors (Lipinski definition) is 3. The number of nitrogens with one attached hydrogen (secondary N) is 2. The molecule has 270 valence electrons. The van der Waals surface area contributed by atoms with E-state index in [4.69, 9.17) is 18.9 Å². The van der Waals surface area contributed by atoms with Crippen molar-refractivity contribution in [2.45, 2.75) is 82.2 Å². The van der Waals surface area contributed by atoms with Crippen molar-refractivity contribution in [1.29, 1.82) is 0 Å². The molecule has 3 aromatic carbocycles. The number of hydrogen-bond acceptors (Lipinski definition) is 9. The predicted octanol–water partition coefficient (Wildman–Crippen LogP) is 4.94. The fourth-order valence-electron chi connectivity index (χ4n) is 5.98. The Kier molecular flexibility index (Phi) is 12.7. The maximum atomic E-state index is 13.5.